The molecule has 0 bridgehead atoms. The summed E-state index contributed by atoms with van der Waals surface area (Å²) in [4.78, 5) is 4.40. The maximum atomic E-state index is 14.0. The van der Waals surface area contributed by atoms with Crippen LogP contribution in [0.1, 0.15) is 12.0 Å². The molecule has 5 rings (SSSR count). The highest BCUT2D eigenvalue weighted by atomic mass is 19.4. The molecule has 0 aliphatic rings. The van der Waals surface area contributed by atoms with Crippen molar-refractivity contribution in [2.24, 2.45) is 0 Å². The van der Waals surface area contributed by atoms with E-state index in [1.807, 2.05) is 36.4 Å². The minimum Gasteiger partial charge on any atom is -0.493 e. The number of aromatic nitrogens is 2. The van der Waals surface area contributed by atoms with Crippen LogP contribution < -0.4 is 4.74 Å². The molecule has 1 N–H and O–H groups in total. The molecule has 0 saturated carbocycles. The van der Waals surface area contributed by atoms with Crippen LogP contribution in [0.3, 0.4) is 0 Å². The van der Waals surface area contributed by atoms with Crippen molar-refractivity contribution in [3.63, 3.8) is 0 Å². The molecule has 0 spiro atoms. The Kier molecular flexibility index (Phi) is 7.42. The molecule has 0 unspecified atom stereocenters. The Hall–Kier alpha value is -4.50. The molecule has 5 aromatic rings. The van der Waals surface area contributed by atoms with Crippen molar-refractivity contribution in [1.29, 1.82) is 0 Å². The number of alkyl halides is 3. The third-order valence-electron chi connectivity index (χ3n) is 6.02. The first-order chi connectivity index (χ1) is 18.8. The van der Waals surface area contributed by atoms with Crippen LogP contribution in [0.15, 0.2) is 95.5 Å². The Labute approximate surface area is 221 Å². The number of aliphatic hydroxyl groups excluding tert-OH is 1. The summed E-state index contributed by atoms with van der Waals surface area (Å²) < 4.78 is 66.7. The summed E-state index contributed by atoms with van der Waals surface area (Å²) in [5.41, 5.74) is 1.30. The van der Waals surface area contributed by atoms with Crippen molar-refractivity contribution in [3.8, 4) is 50.8 Å². The van der Waals surface area contributed by atoms with Gasteiger partial charge in [-0.3, -0.25) is 0 Å². The zero-order valence-electron chi connectivity index (χ0n) is 20.5. The van der Waals surface area contributed by atoms with Crippen LogP contribution in [0.5, 0.6) is 5.75 Å². The quantitative estimate of drug-likeness (QED) is 0.164. The van der Waals surface area contributed by atoms with E-state index in [1.165, 1.54) is 30.3 Å². The van der Waals surface area contributed by atoms with Gasteiger partial charge < -0.3 is 14.4 Å². The van der Waals surface area contributed by atoms with E-state index in [2.05, 4.69) is 10.1 Å². The summed E-state index contributed by atoms with van der Waals surface area (Å²) >= 11 is 0. The van der Waals surface area contributed by atoms with Gasteiger partial charge in [-0.25, -0.2) is 4.39 Å². The molecule has 1 heterocycles. The molecule has 4 aromatic carbocycles. The molecule has 0 amide bonds. The molecule has 0 atom stereocenters. The molecular formula is C30H22F4N2O3. The SMILES string of the molecule is OCCCOc1cccc(-c2ccccc2-c2noc(-c3ccc(-c4cccc(F)c4)c(C(F)(F)F)c3)n2)c1. The molecule has 0 aliphatic heterocycles. The van der Waals surface area contributed by atoms with Gasteiger partial charge in [0.2, 0.25) is 5.82 Å². The number of ether oxygens (including phenoxy) is 1. The number of aliphatic hydroxyl groups is 1. The fourth-order valence-electron chi connectivity index (χ4n) is 4.21. The number of benzene rings is 4. The number of hydrogen-bond acceptors (Lipinski definition) is 5. The zero-order valence-corrected chi connectivity index (χ0v) is 20.5. The van der Waals surface area contributed by atoms with Crippen LogP contribution in [0, 0.1) is 5.82 Å². The molecule has 39 heavy (non-hydrogen) atoms. The van der Waals surface area contributed by atoms with Crippen LogP contribution in [0.25, 0.3) is 45.1 Å². The number of halogens is 4. The molecule has 198 valence electrons. The van der Waals surface area contributed by atoms with E-state index in [4.69, 9.17) is 14.4 Å². The lowest BCUT2D eigenvalue weighted by atomic mass is 9.97. The first-order valence-corrected chi connectivity index (χ1v) is 12.1. The summed E-state index contributed by atoms with van der Waals surface area (Å²) in [6.45, 7) is 0.397. The van der Waals surface area contributed by atoms with Crippen LogP contribution in [0.2, 0.25) is 0 Å². The molecule has 9 heteroatoms. The Bertz CT molecular complexity index is 1600. The average Bonchev–Trinajstić information content (AvgIpc) is 3.43. The molecule has 5 nitrogen and oxygen atoms in total. The second kappa shape index (κ2) is 11.1. The molecule has 0 fully saturated rings. The number of rotatable bonds is 8. The smallest absolute Gasteiger partial charge is 0.417 e. The van der Waals surface area contributed by atoms with E-state index in [0.717, 1.165) is 23.3 Å². The predicted octanol–water partition coefficient (Wildman–Crippen LogP) is 7.66. The normalized spacial score (nSPS) is 11.5. The highest BCUT2D eigenvalue weighted by Gasteiger charge is 2.34. The van der Waals surface area contributed by atoms with Crippen molar-refractivity contribution in [1.82, 2.24) is 10.1 Å². The summed E-state index contributed by atoms with van der Waals surface area (Å²) in [5.74, 6) is 0.113. The third-order valence-corrected chi connectivity index (χ3v) is 6.02. The molecule has 0 aliphatic carbocycles. The Morgan fingerprint density at radius 3 is 2.26 bits per heavy atom. The standard InChI is InChI=1S/C30H22F4N2O3/c31-22-8-3-6-19(16-22)25-13-12-21(18-27(25)30(32,33)34)29-35-28(36-39-29)26-11-2-1-10-24(26)20-7-4-9-23(17-20)38-15-5-14-37/h1-4,6-13,16-18,37H,5,14-15H2. The van der Waals surface area contributed by atoms with Gasteiger partial charge in [-0.05, 0) is 58.7 Å². The van der Waals surface area contributed by atoms with E-state index in [0.29, 0.717) is 24.3 Å². The highest BCUT2D eigenvalue weighted by Crippen LogP contribution is 2.40. The second-order valence-corrected chi connectivity index (χ2v) is 8.69. The fraction of sp³-hybridized carbons (Fsp3) is 0.133. The van der Waals surface area contributed by atoms with Crippen LogP contribution >= 0.6 is 0 Å². The highest BCUT2D eigenvalue weighted by molar-refractivity contribution is 5.81. The minimum atomic E-state index is -4.70. The topological polar surface area (TPSA) is 68.4 Å². The lowest BCUT2D eigenvalue weighted by Gasteiger charge is -2.14. The predicted molar refractivity (Wildman–Crippen MR) is 138 cm³/mol. The monoisotopic (exact) mass is 534 g/mol. The van der Waals surface area contributed by atoms with Crippen molar-refractivity contribution in [2.75, 3.05) is 13.2 Å². The second-order valence-electron chi connectivity index (χ2n) is 8.69. The van der Waals surface area contributed by atoms with E-state index in [1.54, 1.807) is 12.1 Å². The van der Waals surface area contributed by atoms with E-state index >= 15 is 0 Å². The summed E-state index contributed by atoms with van der Waals surface area (Å²) in [5, 5.41) is 13.0. The molecule has 0 radical (unpaired) electrons. The molecule has 0 saturated heterocycles. The summed E-state index contributed by atoms with van der Waals surface area (Å²) in [6.07, 6.45) is -4.19. The first-order valence-electron chi connectivity index (χ1n) is 12.1. The van der Waals surface area contributed by atoms with Gasteiger partial charge in [0.15, 0.2) is 0 Å². The Balaban J connectivity index is 1.50. The largest absolute Gasteiger partial charge is 0.493 e. The van der Waals surface area contributed by atoms with Crippen molar-refractivity contribution in [3.05, 3.63) is 102 Å². The van der Waals surface area contributed by atoms with Gasteiger partial charge in [0, 0.05) is 24.2 Å². The van der Waals surface area contributed by atoms with Crippen LogP contribution in [-0.2, 0) is 6.18 Å². The van der Waals surface area contributed by atoms with E-state index < -0.39 is 17.6 Å². The molecular weight excluding hydrogens is 512 g/mol. The summed E-state index contributed by atoms with van der Waals surface area (Å²) in [7, 11) is 0. The Morgan fingerprint density at radius 2 is 1.51 bits per heavy atom. The van der Waals surface area contributed by atoms with Crippen LogP contribution in [0.4, 0.5) is 17.6 Å². The van der Waals surface area contributed by atoms with Crippen LogP contribution in [-0.4, -0.2) is 28.5 Å². The summed E-state index contributed by atoms with van der Waals surface area (Å²) in [6, 6.07) is 23.3. The fourth-order valence-corrected chi connectivity index (χ4v) is 4.21. The zero-order chi connectivity index (χ0) is 27.4. The van der Waals surface area contributed by atoms with Crippen molar-refractivity contribution in [2.45, 2.75) is 12.6 Å². The van der Waals surface area contributed by atoms with Crippen molar-refractivity contribution >= 4 is 0 Å². The number of nitrogens with zero attached hydrogens (tertiary/aromatic N) is 2. The van der Waals surface area contributed by atoms with Gasteiger partial charge in [-0.1, -0.05) is 59.8 Å². The van der Waals surface area contributed by atoms with Gasteiger partial charge in [0.25, 0.3) is 5.89 Å². The van der Waals surface area contributed by atoms with Crippen molar-refractivity contribution < 1.29 is 31.9 Å². The first kappa shape index (κ1) is 26.1. The Morgan fingerprint density at radius 1 is 0.769 bits per heavy atom. The lowest BCUT2D eigenvalue weighted by Crippen LogP contribution is -2.07. The van der Waals surface area contributed by atoms with Gasteiger partial charge in [0.1, 0.15) is 11.6 Å². The average molecular weight is 535 g/mol. The third kappa shape index (κ3) is 5.83. The van der Waals surface area contributed by atoms with Gasteiger partial charge in [-0.2, -0.15) is 18.2 Å². The molecule has 1 aromatic heterocycles. The van der Waals surface area contributed by atoms with Gasteiger partial charge >= 0.3 is 6.18 Å². The van der Waals surface area contributed by atoms with Gasteiger partial charge in [0.05, 0.1) is 12.2 Å². The maximum absolute atomic E-state index is 14.0. The van der Waals surface area contributed by atoms with E-state index in [-0.39, 0.29) is 35.0 Å². The lowest BCUT2D eigenvalue weighted by molar-refractivity contribution is -0.137. The van der Waals surface area contributed by atoms with Gasteiger partial charge in [-0.15, -0.1) is 0 Å². The van der Waals surface area contributed by atoms with E-state index in [9.17, 15) is 17.6 Å². The minimum absolute atomic E-state index is 0.0285. The number of hydrogen-bond donors (Lipinski definition) is 1. The maximum Gasteiger partial charge on any atom is 0.417 e.